The van der Waals surface area contributed by atoms with Crippen molar-refractivity contribution in [1.82, 2.24) is 5.32 Å². The SMILES string of the molecule is [C-]#[N+]C1=C(C)NC(COC)=C(C(=O)OC(C)C)C1c1cc(C(F)(F)F)ccc1Cl. The Morgan fingerprint density at radius 1 is 1.38 bits per heavy atom. The molecule has 1 atom stereocenters. The van der Waals surface area contributed by atoms with Gasteiger partial charge in [0.25, 0.3) is 0 Å². The normalized spacial score (nSPS) is 17.3. The molecule has 0 aliphatic carbocycles. The minimum absolute atomic E-state index is 0.00151. The van der Waals surface area contributed by atoms with Crippen molar-refractivity contribution in [2.24, 2.45) is 0 Å². The number of halogens is 4. The number of hydrogen-bond acceptors (Lipinski definition) is 4. The van der Waals surface area contributed by atoms with Gasteiger partial charge in [-0.1, -0.05) is 11.6 Å². The van der Waals surface area contributed by atoms with Crippen molar-refractivity contribution in [3.63, 3.8) is 0 Å². The van der Waals surface area contributed by atoms with Crippen molar-refractivity contribution in [2.45, 2.75) is 39.0 Å². The highest BCUT2D eigenvalue weighted by atomic mass is 35.5. The van der Waals surface area contributed by atoms with E-state index < -0.39 is 29.7 Å². The molecule has 1 heterocycles. The molecule has 0 bridgehead atoms. The maximum atomic E-state index is 13.3. The fraction of sp³-hybridized carbons (Fsp3) is 0.400. The van der Waals surface area contributed by atoms with Gasteiger partial charge >= 0.3 is 12.1 Å². The Hall–Kier alpha value is -2.50. The number of nitrogens with one attached hydrogen (secondary N) is 1. The first-order chi connectivity index (χ1) is 13.5. The van der Waals surface area contributed by atoms with Gasteiger partial charge in [0.05, 0.1) is 42.0 Å². The van der Waals surface area contributed by atoms with E-state index in [2.05, 4.69) is 10.2 Å². The van der Waals surface area contributed by atoms with Gasteiger partial charge in [0.2, 0.25) is 0 Å². The lowest BCUT2D eigenvalue weighted by Crippen LogP contribution is -2.32. The summed E-state index contributed by atoms with van der Waals surface area (Å²) in [7, 11) is 1.41. The number of carbonyl (C=O) groups is 1. The van der Waals surface area contributed by atoms with Crippen molar-refractivity contribution in [3.05, 3.63) is 68.4 Å². The molecule has 0 fully saturated rings. The van der Waals surface area contributed by atoms with Crippen LogP contribution in [-0.4, -0.2) is 25.8 Å². The Balaban J connectivity index is 2.78. The highest BCUT2D eigenvalue weighted by molar-refractivity contribution is 6.31. The van der Waals surface area contributed by atoms with Crippen LogP contribution in [0.15, 0.2) is 40.9 Å². The minimum atomic E-state index is -4.61. The summed E-state index contributed by atoms with van der Waals surface area (Å²) in [6.07, 6.45) is -5.08. The summed E-state index contributed by atoms with van der Waals surface area (Å²) in [4.78, 5) is 16.3. The number of hydrogen-bond donors (Lipinski definition) is 1. The number of dihydropyridines is 1. The average Bonchev–Trinajstić information content (AvgIpc) is 2.60. The van der Waals surface area contributed by atoms with E-state index in [0.717, 1.165) is 18.2 Å². The summed E-state index contributed by atoms with van der Waals surface area (Å²) in [5.74, 6) is -1.88. The lowest BCUT2D eigenvalue weighted by Gasteiger charge is -2.30. The second-order valence-corrected chi connectivity index (χ2v) is 7.10. The molecule has 1 unspecified atom stereocenters. The molecule has 0 radical (unpaired) electrons. The number of rotatable bonds is 5. The molecule has 1 aromatic carbocycles. The maximum Gasteiger partial charge on any atom is 0.416 e. The molecule has 0 amide bonds. The van der Waals surface area contributed by atoms with E-state index in [0.29, 0.717) is 11.4 Å². The van der Waals surface area contributed by atoms with Crippen LogP contribution in [0, 0.1) is 6.57 Å². The number of allylic oxidation sites excluding steroid dienone is 2. The molecule has 0 saturated carbocycles. The first-order valence-corrected chi connectivity index (χ1v) is 9.03. The third kappa shape index (κ3) is 4.92. The van der Waals surface area contributed by atoms with Crippen LogP contribution in [0.2, 0.25) is 5.02 Å². The molecule has 9 heteroatoms. The van der Waals surface area contributed by atoms with Crippen LogP contribution in [0.4, 0.5) is 13.2 Å². The lowest BCUT2D eigenvalue weighted by molar-refractivity contribution is -0.143. The third-order valence-corrected chi connectivity index (χ3v) is 4.56. The summed E-state index contributed by atoms with van der Waals surface area (Å²) in [5.41, 5.74) is -0.173. The second-order valence-electron chi connectivity index (χ2n) is 6.69. The third-order valence-electron chi connectivity index (χ3n) is 4.22. The Bertz CT molecular complexity index is 915. The van der Waals surface area contributed by atoms with Crippen LogP contribution in [0.1, 0.15) is 37.8 Å². The van der Waals surface area contributed by atoms with Crippen molar-refractivity contribution >= 4 is 17.6 Å². The van der Waals surface area contributed by atoms with Gasteiger partial charge in [0, 0.05) is 17.8 Å². The van der Waals surface area contributed by atoms with Crippen LogP contribution < -0.4 is 5.32 Å². The van der Waals surface area contributed by atoms with E-state index in [1.54, 1.807) is 20.8 Å². The molecule has 156 valence electrons. The summed E-state index contributed by atoms with van der Waals surface area (Å²) in [6, 6.07) is 2.83. The lowest BCUT2D eigenvalue weighted by atomic mass is 9.83. The van der Waals surface area contributed by atoms with Gasteiger partial charge in [-0.25, -0.2) is 9.64 Å². The van der Waals surface area contributed by atoms with Gasteiger partial charge < -0.3 is 14.8 Å². The van der Waals surface area contributed by atoms with Crippen molar-refractivity contribution in [1.29, 1.82) is 0 Å². The zero-order chi connectivity index (χ0) is 21.9. The van der Waals surface area contributed by atoms with Crippen molar-refractivity contribution in [2.75, 3.05) is 13.7 Å². The molecule has 1 aliphatic rings. The highest BCUT2D eigenvalue weighted by Gasteiger charge is 2.39. The summed E-state index contributed by atoms with van der Waals surface area (Å²) in [5, 5.41) is 2.95. The fourth-order valence-electron chi connectivity index (χ4n) is 3.05. The highest BCUT2D eigenvalue weighted by Crippen LogP contribution is 2.44. The molecule has 0 aromatic heterocycles. The first-order valence-electron chi connectivity index (χ1n) is 8.66. The van der Waals surface area contributed by atoms with Gasteiger partial charge in [-0.05, 0) is 44.5 Å². The average molecular weight is 429 g/mol. The summed E-state index contributed by atoms with van der Waals surface area (Å²) in [6.45, 7) is 12.4. The Morgan fingerprint density at radius 3 is 2.55 bits per heavy atom. The van der Waals surface area contributed by atoms with Crippen molar-refractivity contribution < 1.29 is 27.4 Å². The predicted octanol–water partition coefficient (Wildman–Crippen LogP) is 5.05. The van der Waals surface area contributed by atoms with Crippen LogP contribution in [0.5, 0.6) is 0 Å². The largest absolute Gasteiger partial charge is 0.460 e. The second kappa shape index (κ2) is 8.89. The number of ether oxygens (including phenoxy) is 2. The van der Waals surface area contributed by atoms with Gasteiger partial charge in [-0.3, -0.25) is 0 Å². The Morgan fingerprint density at radius 2 is 2.03 bits per heavy atom. The van der Waals surface area contributed by atoms with E-state index in [4.69, 9.17) is 27.6 Å². The minimum Gasteiger partial charge on any atom is -0.460 e. The predicted molar refractivity (Wildman–Crippen MR) is 102 cm³/mol. The monoisotopic (exact) mass is 428 g/mol. The maximum absolute atomic E-state index is 13.3. The zero-order valence-electron chi connectivity index (χ0n) is 16.3. The number of benzene rings is 1. The summed E-state index contributed by atoms with van der Waals surface area (Å²) < 4.78 is 50.3. The van der Waals surface area contributed by atoms with Gasteiger partial charge in [0.15, 0.2) is 5.70 Å². The number of esters is 1. The molecular formula is C20H20ClF3N2O3. The molecule has 5 nitrogen and oxygen atoms in total. The quantitative estimate of drug-likeness (QED) is 0.527. The van der Waals surface area contributed by atoms with Crippen LogP contribution in [0.25, 0.3) is 4.85 Å². The van der Waals surface area contributed by atoms with E-state index in [9.17, 15) is 18.0 Å². The van der Waals surface area contributed by atoms with Gasteiger partial charge in [-0.2, -0.15) is 13.2 Å². The molecule has 1 aliphatic heterocycles. The number of alkyl halides is 3. The molecule has 2 rings (SSSR count). The molecule has 1 N–H and O–H groups in total. The molecule has 29 heavy (non-hydrogen) atoms. The Kier molecular flexibility index (Phi) is 6.98. The Labute approximate surface area is 171 Å². The summed E-state index contributed by atoms with van der Waals surface area (Å²) >= 11 is 6.23. The fourth-order valence-corrected chi connectivity index (χ4v) is 3.28. The van der Waals surface area contributed by atoms with Gasteiger partial charge in [0.1, 0.15) is 0 Å². The standard InChI is InChI=1S/C20H20ClF3N2O3/c1-10(2)29-19(27)17-15(9-28-5)26-11(3)18(25-4)16(17)13-8-12(20(22,23)24)6-7-14(13)21/h6-8,10,16,26H,9H2,1-3,5H3. The van der Waals surface area contributed by atoms with Crippen LogP contribution >= 0.6 is 11.6 Å². The molecular weight excluding hydrogens is 409 g/mol. The number of nitrogens with zero attached hydrogens (tertiary/aromatic N) is 1. The molecule has 0 saturated heterocycles. The molecule has 0 spiro atoms. The number of carbonyl (C=O) groups excluding carboxylic acids is 1. The topological polar surface area (TPSA) is 51.9 Å². The van der Waals surface area contributed by atoms with Crippen LogP contribution in [-0.2, 0) is 20.4 Å². The smallest absolute Gasteiger partial charge is 0.416 e. The molecule has 1 aromatic rings. The van der Waals surface area contributed by atoms with E-state index >= 15 is 0 Å². The van der Waals surface area contributed by atoms with E-state index in [-0.39, 0.29) is 28.5 Å². The zero-order valence-corrected chi connectivity index (χ0v) is 17.0. The van der Waals surface area contributed by atoms with E-state index in [1.165, 1.54) is 7.11 Å². The van der Waals surface area contributed by atoms with Crippen LogP contribution in [0.3, 0.4) is 0 Å². The van der Waals surface area contributed by atoms with Gasteiger partial charge in [-0.15, -0.1) is 0 Å². The van der Waals surface area contributed by atoms with E-state index in [1.807, 2.05) is 0 Å². The first kappa shape index (κ1) is 22.8. The van der Waals surface area contributed by atoms with Crippen molar-refractivity contribution in [3.8, 4) is 0 Å². The number of methoxy groups -OCH3 is 1.